The Morgan fingerprint density at radius 3 is 2.65 bits per heavy atom. The highest BCUT2D eigenvalue weighted by Crippen LogP contribution is 2.24. The van der Waals surface area contributed by atoms with Crippen LogP contribution in [0, 0.1) is 0 Å². The lowest BCUT2D eigenvalue weighted by molar-refractivity contribution is -0.134. The molecule has 1 aromatic rings. The van der Waals surface area contributed by atoms with Crippen molar-refractivity contribution >= 4 is 17.7 Å². The van der Waals surface area contributed by atoms with E-state index in [4.69, 9.17) is 0 Å². The number of pyridine rings is 1. The number of amides is 3. The first-order chi connectivity index (χ1) is 11.1. The van der Waals surface area contributed by atoms with E-state index in [1.807, 2.05) is 11.8 Å². The zero-order valence-corrected chi connectivity index (χ0v) is 13.3. The van der Waals surface area contributed by atoms with Crippen LogP contribution in [-0.2, 0) is 4.79 Å². The lowest BCUT2D eigenvalue weighted by Gasteiger charge is -2.34. The van der Waals surface area contributed by atoms with Gasteiger partial charge in [0.05, 0.1) is 5.56 Å². The number of imide groups is 1. The molecule has 0 radical (unpaired) electrons. The third kappa shape index (κ3) is 2.85. The molecule has 0 N–H and O–H groups in total. The van der Waals surface area contributed by atoms with Crippen LogP contribution in [0.15, 0.2) is 18.3 Å². The van der Waals surface area contributed by atoms with E-state index in [1.54, 1.807) is 12.1 Å². The first-order valence-electron chi connectivity index (χ1n) is 8.24. The highest BCUT2D eigenvalue weighted by Gasteiger charge is 2.38. The molecular weight excluding hydrogens is 294 g/mol. The molecule has 1 fully saturated rings. The molecule has 23 heavy (non-hydrogen) atoms. The molecule has 6 heteroatoms. The van der Waals surface area contributed by atoms with Crippen LogP contribution in [0.1, 0.15) is 59.9 Å². The Labute approximate surface area is 135 Å². The number of hydrogen-bond acceptors (Lipinski definition) is 4. The van der Waals surface area contributed by atoms with E-state index < -0.39 is 11.8 Å². The van der Waals surface area contributed by atoms with E-state index in [2.05, 4.69) is 4.98 Å². The van der Waals surface area contributed by atoms with Crippen LogP contribution < -0.4 is 0 Å². The third-order valence-corrected chi connectivity index (χ3v) is 4.70. The van der Waals surface area contributed by atoms with Gasteiger partial charge >= 0.3 is 0 Å². The van der Waals surface area contributed by atoms with E-state index in [-0.39, 0.29) is 29.8 Å². The Morgan fingerprint density at radius 2 is 2.00 bits per heavy atom. The number of rotatable bonds is 4. The van der Waals surface area contributed by atoms with Crippen molar-refractivity contribution in [1.29, 1.82) is 0 Å². The minimum absolute atomic E-state index is 0.144. The van der Waals surface area contributed by atoms with E-state index in [9.17, 15) is 14.4 Å². The van der Waals surface area contributed by atoms with Gasteiger partial charge in [-0.25, -0.2) is 0 Å². The predicted octanol–water partition coefficient (Wildman–Crippen LogP) is 1.86. The van der Waals surface area contributed by atoms with Gasteiger partial charge in [-0.1, -0.05) is 19.3 Å². The maximum absolute atomic E-state index is 12.6. The highest BCUT2D eigenvalue weighted by molar-refractivity contribution is 6.21. The summed E-state index contributed by atoms with van der Waals surface area (Å²) in [6.45, 7) is 2.35. The number of fused-ring (bicyclic) bond motifs is 1. The molecule has 0 bridgehead atoms. The second kappa shape index (κ2) is 6.48. The first kappa shape index (κ1) is 15.6. The Bertz CT molecular complexity index is 603. The first-order valence-corrected chi connectivity index (χ1v) is 8.24. The number of carbonyl (C=O) groups excluding carboxylic acids is 3. The van der Waals surface area contributed by atoms with Crippen LogP contribution in [0.5, 0.6) is 0 Å². The normalized spacial score (nSPS) is 18.2. The molecule has 1 aliphatic heterocycles. The van der Waals surface area contributed by atoms with Crippen molar-refractivity contribution in [2.75, 3.05) is 13.1 Å². The van der Waals surface area contributed by atoms with Crippen molar-refractivity contribution < 1.29 is 14.4 Å². The summed E-state index contributed by atoms with van der Waals surface area (Å²) < 4.78 is 0. The molecule has 1 saturated carbocycles. The van der Waals surface area contributed by atoms with Crippen LogP contribution in [0.3, 0.4) is 0 Å². The maximum atomic E-state index is 12.6. The predicted molar refractivity (Wildman–Crippen MR) is 83.9 cm³/mol. The van der Waals surface area contributed by atoms with Crippen LogP contribution in [0.25, 0.3) is 0 Å². The van der Waals surface area contributed by atoms with Crippen LogP contribution in [0.4, 0.5) is 0 Å². The third-order valence-electron chi connectivity index (χ3n) is 4.70. The Kier molecular flexibility index (Phi) is 4.41. The van der Waals surface area contributed by atoms with Gasteiger partial charge in [-0.05, 0) is 31.9 Å². The molecule has 1 aromatic heterocycles. The Morgan fingerprint density at radius 1 is 1.26 bits per heavy atom. The molecule has 2 aliphatic rings. The standard InChI is InChI=1S/C17H21N3O3/c1-2-19(12-7-4-3-5-8-12)14(21)11-20-16(22)13-9-6-10-18-15(13)17(20)23/h6,9-10,12H,2-5,7-8,11H2,1H3. The number of nitrogens with zero attached hydrogens (tertiary/aromatic N) is 3. The van der Waals surface area contributed by atoms with Gasteiger partial charge in [0.2, 0.25) is 5.91 Å². The molecule has 3 rings (SSSR count). The molecule has 6 nitrogen and oxygen atoms in total. The van der Waals surface area contributed by atoms with Crippen LogP contribution >= 0.6 is 0 Å². The second-order valence-electron chi connectivity index (χ2n) is 6.07. The monoisotopic (exact) mass is 315 g/mol. The second-order valence-corrected chi connectivity index (χ2v) is 6.07. The fourth-order valence-electron chi connectivity index (χ4n) is 3.51. The largest absolute Gasteiger partial charge is 0.338 e. The molecule has 2 heterocycles. The van der Waals surface area contributed by atoms with Crippen molar-refractivity contribution in [2.45, 2.75) is 45.1 Å². The fourth-order valence-corrected chi connectivity index (χ4v) is 3.51. The summed E-state index contributed by atoms with van der Waals surface area (Å²) in [5, 5.41) is 0. The lowest BCUT2D eigenvalue weighted by atomic mass is 9.94. The van der Waals surface area contributed by atoms with E-state index in [0.717, 1.165) is 30.6 Å². The quantitative estimate of drug-likeness (QED) is 0.795. The molecule has 0 saturated heterocycles. The average Bonchev–Trinajstić information content (AvgIpc) is 2.82. The maximum Gasteiger partial charge on any atom is 0.280 e. The van der Waals surface area contributed by atoms with Crippen molar-refractivity contribution in [3.05, 3.63) is 29.6 Å². The number of likely N-dealkylation sites (N-methyl/N-ethyl adjacent to an activating group) is 1. The minimum atomic E-state index is -0.473. The SMILES string of the molecule is CCN(C(=O)CN1C(=O)c2cccnc2C1=O)C1CCCCC1. The molecule has 0 atom stereocenters. The van der Waals surface area contributed by atoms with Crippen molar-refractivity contribution in [1.82, 2.24) is 14.8 Å². The fraction of sp³-hybridized carbons (Fsp3) is 0.529. The van der Waals surface area contributed by atoms with Crippen molar-refractivity contribution in [3.63, 3.8) is 0 Å². The van der Waals surface area contributed by atoms with Gasteiger partial charge in [-0.3, -0.25) is 24.3 Å². The average molecular weight is 315 g/mol. The number of aromatic nitrogens is 1. The number of hydrogen-bond donors (Lipinski definition) is 0. The van der Waals surface area contributed by atoms with Crippen LogP contribution in [0.2, 0.25) is 0 Å². The lowest BCUT2D eigenvalue weighted by Crippen LogP contribution is -2.47. The minimum Gasteiger partial charge on any atom is -0.338 e. The van der Waals surface area contributed by atoms with E-state index >= 15 is 0 Å². The summed E-state index contributed by atoms with van der Waals surface area (Å²) >= 11 is 0. The van der Waals surface area contributed by atoms with Gasteiger partial charge in [0.15, 0.2) is 0 Å². The summed E-state index contributed by atoms with van der Waals surface area (Å²) in [6, 6.07) is 3.43. The molecular formula is C17H21N3O3. The van der Waals surface area contributed by atoms with E-state index in [1.165, 1.54) is 12.6 Å². The highest BCUT2D eigenvalue weighted by atomic mass is 16.2. The Hall–Kier alpha value is -2.24. The van der Waals surface area contributed by atoms with Crippen LogP contribution in [-0.4, -0.2) is 51.6 Å². The summed E-state index contributed by atoms with van der Waals surface area (Å²) in [4.78, 5) is 44.1. The van der Waals surface area contributed by atoms with Gasteiger partial charge in [0.1, 0.15) is 12.2 Å². The van der Waals surface area contributed by atoms with Crippen molar-refractivity contribution in [3.8, 4) is 0 Å². The smallest absolute Gasteiger partial charge is 0.280 e. The molecule has 0 aromatic carbocycles. The van der Waals surface area contributed by atoms with Gasteiger partial charge in [-0.15, -0.1) is 0 Å². The summed E-state index contributed by atoms with van der Waals surface area (Å²) in [7, 11) is 0. The van der Waals surface area contributed by atoms with E-state index in [0.29, 0.717) is 6.54 Å². The topological polar surface area (TPSA) is 70.6 Å². The van der Waals surface area contributed by atoms with Crippen molar-refractivity contribution in [2.24, 2.45) is 0 Å². The molecule has 0 unspecified atom stereocenters. The van der Waals surface area contributed by atoms with Gasteiger partial charge in [0.25, 0.3) is 11.8 Å². The molecule has 3 amide bonds. The zero-order chi connectivity index (χ0) is 16.4. The summed E-state index contributed by atoms with van der Waals surface area (Å²) in [5.74, 6) is -1.06. The number of carbonyl (C=O) groups is 3. The zero-order valence-electron chi connectivity index (χ0n) is 13.3. The van der Waals surface area contributed by atoms with Gasteiger partial charge in [0, 0.05) is 18.8 Å². The van der Waals surface area contributed by atoms with Gasteiger partial charge < -0.3 is 4.90 Å². The summed E-state index contributed by atoms with van der Waals surface area (Å²) in [5.41, 5.74) is 0.428. The molecule has 0 spiro atoms. The molecule has 1 aliphatic carbocycles. The summed E-state index contributed by atoms with van der Waals surface area (Å²) in [6.07, 6.45) is 6.96. The molecule has 122 valence electrons. The Balaban J connectivity index is 1.72. The van der Waals surface area contributed by atoms with Gasteiger partial charge in [-0.2, -0.15) is 0 Å².